The topological polar surface area (TPSA) is 103 Å². The number of carbonyl (C=O) groups is 1. The highest BCUT2D eigenvalue weighted by atomic mass is 35.5. The van der Waals surface area contributed by atoms with Crippen molar-refractivity contribution in [3.63, 3.8) is 0 Å². The van der Waals surface area contributed by atoms with Gasteiger partial charge in [-0.1, -0.05) is 11.6 Å². The molecular formula is C6H7ClN2O4. The largest absolute Gasteiger partial charge is 0.464 e. The zero-order valence-corrected chi connectivity index (χ0v) is 7.38. The molecule has 0 radical (unpaired) electrons. The SMILES string of the molecule is COC(=O)C(=N)/C(=C\C(=N)Cl)OO. The standard InChI is InChI=1S/C6H7ClN2O4/c1-12-6(10)5(9)3(13-11)2-4(7)8/h2,8-9,11H,1H3/b3-2+,8-4?,9-5?. The van der Waals surface area contributed by atoms with Crippen molar-refractivity contribution in [2.24, 2.45) is 0 Å². The molecule has 0 fully saturated rings. The first-order valence-electron chi connectivity index (χ1n) is 2.97. The third-order valence-electron chi connectivity index (χ3n) is 0.992. The van der Waals surface area contributed by atoms with Crippen molar-refractivity contribution < 1.29 is 19.7 Å². The molecule has 0 aliphatic carbocycles. The number of hydrogen-bond donors (Lipinski definition) is 3. The number of nitrogens with one attached hydrogen (secondary N) is 2. The Bertz CT molecular complexity index is 274. The Morgan fingerprint density at radius 1 is 1.54 bits per heavy atom. The van der Waals surface area contributed by atoms with Crippen LogP contribution in [-0.2, 0) is 14.4 Å². The second kappa shape index (κ2) is 5.28. The van der Waals surface area contributed by atoms with Gasteiger partial charge in [0.05, 0.1) is 7.11 Å². The number of carbonyl (C=O) groups excluding carboxylic acids is 1. The second-order valence-electron chi connectivity index (χ2n) is 1.81. The molecule has 0 unspecified atom stereocenters. The lowest BCUT2D eigenvalue weighted by Crippen LogP contribution is -2.18. The number of methoxy groups -OCH3 is 1. The molecule has 72 valence electrons. The average Bonchev–Trinajstić information content (AvgIpc) is 2.11. The highest BCUT2D eigenvalue weighted by Gasteiger charge is 2.17. The predicted octanol–water partition coefficient (Wildman–Crippen LogP) is 0.769. The molecule has 0 atom stereocenters. The summed E-state index contributed by atoms with van der Waals surface area (Å²) in [5.41, 5.74) is -0.726. The summed E-state index contributed by atoms with van der Waals surface area (Å²) in [6, 6.07) is 0. The fourth-order valence-electron chi connectivity index (χ4n) is 0.462. The highest BCUT2D eigenvalue weighted by molar-refractivity contribution is 6.68. The summed E-state index contributed by atoms with van der Waals surface area (Å²) in [6.07, 6.45) is 0.792. The van der Waals surface area contributed by atoms with Crippen LogP contribution in [0, 0.1) is 10.8 Å². The Hall–Kier alpha value is -1.40. The minimum absolute atomic E-state index is 0.488. The summed E-state index contributed by atoms with van der Waals surface area (Å²) in [7, 11) is 1.07. The maximum atomic E-state index is 10.7. The van der Waals surface area contributed by atoms with E-state index in [9.17, 15) is 4.79 Å². The molecule has 0 aliphatic heterocycles. The van der Waals surface area contributed by atoms with Crippen LogP contribution in [0.15, 0.2) is 11.8 Å². The van der Waals surface area contributed by atoms with Gasteiger partial charge in [0.1, 0.15) is 5.17 Å². The van der Waals surface area contributed by atoms with E-state index in [1.54, 1.807) is 0 Å². The number of hydrogen-bond acceptors (Lipinski definition) is 6. The fraction of sp³-hybridized carbons (Fsp3) is 0.167. The zero-order chi connectivity index (χ0) is 10.4. The molecule has 0 bridgehead atoms. The van der Waals surface area contributed by atoms with E-state index in [-0.39, 0.29) is 0 Å². The van der Waals surface area contributed by atoms with Gasteiger partial charge >= 0.3 is 5.97 Å². The van der Waals surface area contributed by atoms with E-state index in [2.05, 4.69) is 9.62 Å². The molecule has 0 aromatic heterocycles. The summed E-state index contributed by atoms with van der Waals surface area (Å²) in [6.45, 7) is 0. The van der Waals surface area contributed by atoms with E-state index in [0.29, 0.717) is 0 Å². The maximum absolute atomic E-state index is 10.7. The smallest absolute Gasteiger partial charge is 0.360 e. The van der Waals surface area contributed by atoms with Gasteiger partial charge in [-0.05, 0) is 0 Å². The van der Waals surface area contributed by atoms with E-state index in [0.717, 1.165) is 13.2 Å². The summed E-state index contributed by atoms with van der Waals surface area (Å²) in [5, 5.41) is 21.6. The van der Waals surface area contributed by atoms with Crippen molar-refractivity contribution in [3.05, 3.63) is 11.8 Å². The number of allylic oxidation sites excluding steroid dienone is 1. The molecule has 0 aliphatic rings. The molecule has 0 heterocycles. The van der Waals surface area contributed by atoms with Gasteiger partial charge in [0, 0.05) is 6.08 Å². The van der Waals surface area contributed by atoms with Crippen LogP contribution >= 0.6 is 11.6 Å². The lowest BCUT2D eigenvalue weighted by atomic mass is 10.3. The van der Waals surface area contributed by atoms with Crippen LogP contribution in [0.5, 0.6) is 0 Å². The molecule has 6 nitrogen and oxygen atoms in total. The van der Waals surface area contributed by atoms with Crippen LogP contribution in [0.3, 0.4) is 0 Å². The first kappa shape index (κ1) is 11.6. The lowest BCUT2D eigenvalue weighted by molar-refractivity contribution is -0.195. The van der Waals surface area contributed by atoms with Crippen molar-refractivity contribution in [2.75, 3.05) is 7.11 Å². The fourth-order valence-corrected chi connectivity index (χ4v) is 0.561. The van der Waals surface area contributed by atoms with Gasteiger partial charge in [-0.2, -0.15) is 0 Å². The van der Waals surface area contributed by atoms with Gasteiger partial charge in [-0.3, -0.25) is 10.8 Å². The Morgan fingerprint density at radius 2 is 2.08 bits per heavy atom. The Labute approximate surface area is 78.7 Å². The van der Waals surface area contributed by atoms with E-state index >= 15 is 0 Å². The van der Waals surface area contributed by atoms with Crippen LogP contribution < -0.4 is 0 Å². The van der Waals surface area contributed by atoms with Crippen LogP contribution in [-0.4, -0.2) is 29.2 Å². The Morgan fingerprint density at radius 3 is 2.38 bits per heavy atom. The van der Waals surface area contributed by atoms with Gasteiger partial charge in [0.25, 0.3) is 0 Å². The molecule has 13 heavy (non-hydrogen) atoms. The van der Waals surface area contributed by atoms with Crippen molar-refractivity contribution in [1.29, 1.82) is 10.8 Å². The third-order valence-corrected chi connectivity index (χ3v) is 1.10. The molecule has 0 aromatic rings. The van der Waals surface area contributed by atoms with Crippen molar-refractivity contribution in [2.45, 2.75) is 0 Å². The second-order valence-corrected chi connectivity index (χ2v) is 2.22. The Balaban J connectivity index is 4.69. The maximum Gasteiger partial charge on any atom is 0.360 e. The summed E-state index contributed by atoms with van der Waals surface area (Å²) >= 11 is 5.11. The van der Waals surface area contributed by atoms with Crippen LogP contribution in [0.4, 0.5) is 0 Å². The minimum atomic E-state index is -1.00. The summed E-state index contributed by atoms with van der Waals surface area (Å²) < 4.78 is 4.17. The number of ether oxygens (including phenoxy) is 1. The van der Waals surface area contributed by atoms with Gasteiger partial charge in [-0.25, -0.2) is 10.1 Å². The van der Waals surface area contributed by atoms with Crippen LogP contribution in [0.25, 0.3) is 0 Å². The lowest BCUT2D eigenvalue weighted by Gasteiger charge is -2.02. The monoisotopic (exact) mass is 206 g/mol. The molecule has 7 heteroatoms. The molecule has 0 saturated carbocycles. The van der Waals surface area contributed by atoms with E-state index in [4.69, 9.17) is 27.7 Å². The third kappa shape index (κ3) is 3.68. The molecule has 0 rings (SSSR count). The van der Waals surface area contributed by atoms with E-state index < -0.39 is 22.6 Å². The quantitative estimate of drug-likeness (QED) is 0.208. The van der Waals surface area contributed by atoms with Gasteiger partial charge < -0.3 is 9.62 Å². The highest BCUT2D eigenvalue weighted by Crippen LogP contribution is 2.01. The Kier molecular flexibility index (Phi) is 4.71. The first-order chi connectivity index (χ1) is 6.02. The number of rotatable bonds is 4. The zero-order valence-electron chi connectivity index (χ0n) is 6.63. The van der Waals surface area contributed by atoms with Crippen molar-refractivity contribution >= 4 is 28.5 Å². The summed E-state index contributed by atoms with van der Waals surface area (Å²) in [5.74, 6) is -1.55. The average molecular weight is 207 g/mol. The number of esters is 1. The number of halogens is 1. The normalized spacial score (nSPS) is 10.5. The van der Waals surface area contributed by atoms with Crippen LogP contribution in [0.2, 0.25) is 0 Å². The van der Waals surface area contributed by atoms with Gasteiger partial charge in [0.2, 0.25) is 5.76 Å². The van der Waals surface area contributed by atoms with Gasteiger partial charge in [-0.15, -0.1) is 0 Å². The molecule has 0 saturated heterocycles. The van der Waals surface area contributed by atoms with Crippen LogP contribution in [0.1, 0.15) is 0 Å². The molecular weight excluding hydrogens is 200 g/mol. The molecule has 0 amide bonds. The first-order valence-corrected chi connectivity index (χ1v) is 3.35. The predicted molar refractivity (Wildman–Crippen MR) is 45.1 cm³/mol. The van der Waals surface area contributed by atoms with E-state index in [1.165, 1.54) is 0 Å². The molecule has 3 N–H and O–H groups in total. The van der Waals surface area contributed by atoms with Gasteiger partial charge in [0.15, 0.2) is 5.71 Å². The van der Waals surface area contributed by atoms with E-state index in [1.807, 2.05) is 0 Å². The molecule has 0 spiro atoms. The van der Waals surface area contributed by atoms with Crippen molar-refractivity contribution in [1.82, 2.24) is 0 Å². The summed E-state index contributed by atoms with van der Waals surface area (Å²) in [4.78, 5) is 14.4. The van der Waals surface area contributed by atoms with Crippen molar-refractivity contribution in [3.8, 4) is 0 Å². The minimum Gasteiger partial charge on any atom is -0.464 e. The molecule has 0 aromatic carbocycles.